The van der Waals surface area contributed by atoms with E-state index in [0.29, 0.717) is 16.1 Å². The van der Waals surface area contributed by atoms with Gasteiger partial charge in [-0.15, -0.1) is 11.3 Å². The number of nitrogens with two attached hydrogens (primary N) is 1. The Bertz CT molecular complexity index is 921. The summed E-state index contributed by atoms with van der Waals surface area (Å²) in [4.78, 5) is 25.2. The van der Waals surface area contributed by atoms with Gasteiger partial charge < -0.3 is 15.4 Å². The summed E-state index contributed by atoms with van der Waals surface area (Å²) in [6.45, 7) is 8.16. The minimum atomic E-state index is -0.533. The maximum absolute atomic E-state index is 12.3. The predicted octanol–water partition coefficient (Wildman–Crippen LogP) is 2.61. The maximum Gasteiger partial charge on any atom is 0.339 e. The van der Waals surface area contributed by atoms with Crippen molar-refractivity contribution in [2.45, 2.75) is 45.2 Å². The van der Waals surface area contributed by atoms with Crippen LogP contribution in [-0.2, 0) is 21.5 Å². The van der Waals surface area contributed by atoms with Crippen LogP contribution in [0.1, 0.15) is 54.1 Å². The molecule has 0 unspecified atom stereocenters. The molecule has 0 saturated heterocycles. The number of carbonyl (C=O) groups excluding carboxylic acids is 2. The average Bonchev–Trinajstić information content (AvgIpc) is 3.19. The quantitative estimate of drug-likeness (QED) is 0.766. The molecule has 0 aromatic carbocycles. The van der Waals surface area contributed by atoms with Crippen molar-refractivity contribution < 1.29 is 19.6 Å². The summed E-state index contributed by atoms with van der Waals surface area (Å²) in [5.74, 6) is -0.982. The Kier molecular flexibility index (Phi) is 5.12. The number of thiophene rings is 2. The Morgan fingerprint density at radius 2 is 2.11 bits per heavy atom. The number of amides is 1. The zero-order valence-corrected chi connectivity index (χ0v) is 17.3. The zero-order valence-electron chi connectivity index (χ0n) is 15.7. The van der Waals surface area contributed by atoms with Gasteiger partial charge in [0.25, 0.3) is 5.91 Å². The van der Waals surface area contributed by atoms with Crippen molar-refractivity contribution in [3.63, 3.8) is 0 Å². The molecule has 1 aliphatic heterocycles. The Hall–Kier alpha value is -2.21. The number of anilines is 1. The number of ether oxygens (including phenoxy) is 1. The molecule has 0 saturated carbocycles. The number of rotatable bonds is 4. The molecule has 27 heavy (non-hydrogen) atoms. The van der Waals surface area contributed by atoms with E-state index in [0.717, 1.165) is 16.9 Å². The number of nitrogens with zero attached hydrogens (tertiary/aromatic N) is 1. The number of nitrogens with one attached hydrogen (secondary N) is 1. The van der Waals surface area contributed by atoms with E-state index in [1.54, 1.807) is 16.8 Å². The van der Waals surface area contributed by atoms with E-state index in [4.69, 9.17) is 4.74 Å². The standard InChI is InChI=1S/C19H21N3O3S2/c1-18(2)7-12-13(8-20)16(27-15(12)19(3,4)22-18)21-14(23)9-25-17(24)11-5-6-26-10-11/h5-6,10,22H,7,9H2,1-4H3,(H,21,23)/p+1. The summed E-state index contributed by atoms with van der Waals surface area (Å²) in [6.07, 6.45) is 0.758. The van der Waals surface area contributed by atoms with Crippen molar-refractivity contribution in [2.75, 3.05) is 11.9 Å². The van der Waals surface area contributed by atoms with E-state index in [-0.39, 0.29) is 17.7 Å². The van der Waals surface area contributed by atoms with Crippen LogP contribution in [-0.4, -0.2) is 24.0 Å². The molecule has 0 atom stereocenters. The van der Waals surface area contributed by atoms with E-state index < -0.39 is 11.9 Å². The summed E-state index contributed by atoms with van der Waals surface area (Å²) in [6, 6.07) is 3.89. The number of nitriles is 1. The Morgan fingerprint density at radius 3 is 2.74 bits per heavy atom. The molecule has 1 amide bonds. The Balaban J connectivity index is 1.76. The topological polar surface area (TPSA) is 95.8 Å². The Labute approximate surface area is 166 Å². The molecule has 0 fully saturated rings. The lowest BCUT2D eigenvalue weighted by atomic mass is 9.81. The third kappa shape index (κ3) is 4.05. The highest BCUT2D eigenvalue weighted by molar-refractivity contribution is 7.16. The van der Waals surface area contributed by atoms with E-state index in [9.17, 15) is 14.9 Å². The molecule has 0 radical (unpaired) electrons. The highest BCUT2D eigenvalue weighted by atomic mass is 32.1. The fraction of sp³-hybridized carbons (Fsp3) is 0.421. The monoisotopic (exact) mass is 404 g/mol. The van der Waals surface area contributed by atoms with Crippen molar-refractivity contribution in [3.8, 4) is 6.07 Å². The lowest BCUT2D eigenvalue weighted by molar-refractivity contribution is -0.789. The molecule has 3 heterocycles. The molecule has 142 valence electrons. The fourth-order valence-corrected chi connectivity index (χ4v) is 5.55. The van der Waals surface area contributed by atoms with Gasteiger partial charge in [-0.1, -0.05) is 0 Å². The van der Waals surface area contributed by atoms with Crippen LogP contribution in [0.5, 0.6) is 0 Å². The minimum absolute atomic E-state index is 0.0273. The molecular formula is C19H22N3O3S2+. The smallest absolute Gasteiger partial charge is 0.339 e. The zero-order chi connectivity index (χ0) is 19.8. The molecule has 2 aromatic heterocycles. The average molecular weight is 405 g/mol. The minimum Gasteiger partial charge on any atom is -0.452 e. The summed E-state index contributed by atoms with van der Waals surface area (Å²) >= 11 is 2.82. The van der Waals surface area contributed by atoms with Crippen LogP contribution in [0.3, 0.4) is 0 Å². The lowest BCUT2D eigenvalue weighted by Gasteiger charge is -2.38. The first-order chi connectivity index (χ1) is 12.6. The van der Waals surface area contributed by atoms with Crippen molar-refractivity contribution >= 4 is 39.6 Å². The molecule has 8 heteroatoms. The molecule has 0 aliphatic carbocycles. The van der Waals surface area contributed by atoms with Crippen molar-refractivity contribution in [1.82, 2.24) is 0 Å². The summed E-state index contributed by atoms with van der Waals surface area (Å²) in [5, 5.41) is 18.7. The third-order valence-electron chi connectivity index (χ3n) is 4.43. The van der Waals surface area contributed by atoms with Gasteiger partial charge in [0.1, 0.15) is 16.6 Å². The van der Waals surface area contributed by atoms with Gasteiger partial charge in [0.05, 0.1) is 21.5 Å². The molecule has 0 spiro atoms. The number of fused-ring (bicyclic) bond motifs is 1. The van der Waals surface area contributed by atoms with E-state index in [1.165, 1.54) is 22.7 Å². The van der Waals surface area contributed by atoms with Crippen LogP contribution in [0.15, 0.2) is 16.8 Å². The van der Waals surface area contributed by atoms with Gasteiger partial charge in [-0.25, -0.2) is 4.79 Å². The number of carbonyl (C=O) groups is 2. The van der Waals surface area contributed by atoms with Crippen LogP contribution in [0.4, 0.5) is 5.00 Å². The molecule has 0 bridgehead atoms. The van der Waals surface area contributed by atoms with Crippen molar-refractivity contribution in [3.05, 3.63) is 38.4 Å². The van der Waals surface area contributed by atoms with E-state index >= 15 is 0 Å². The van der Waals surface area contributed by atoms with Gasteiger partial charge in [-0.3, -0.25) is 4.79 Å². The summed E-state index contributed by atoms with van der Waals surface area (Å²) < 4.78 is 5.04. The van der Waals surface area contributed by atoms with E-state index in [1.807, 2.05) is 0 Å². The first-order valence-electron chi connectivity index (χ1n) is 8.55. The van der Waals surface area contributed by atoms with Gasteiger partial charge in [0.15, 0.2) is 6.61 Å². The highest BCUT2D eigenvalue weighted by Crippen LogP contribution is 2.41. The van der Waals surface area contributed by atoms with Gasteiger partial charge >= 0.3 is 5.97 Å². The van der Waals surface area contributed by atoms with Gasteiger partial charge in [0.2, 0.25) is 0 Å². The second kappa shape index (κ2) is 7.08. The van der Waals surface area contributed by atoms with Gasteiger partial charge in [-0.05, 0) is 44.7 Å². The fourth-order valence-electron chi connectivity index (χ4n) is 3.67. The first kappa shape index (κ1) is 19.5. The lowest BCUT2D eigenvalue weighted by Crippen LogP contribution is -3.03. The molecule has 3 rings (SSSR count). The highest BCUT2D eigenvalue weighted by Gasteiger charge is 2.44. The first-order valence-corrected chi connectivity index (χ1v) is 10.3. The Morgan fingerprint density at radius 1 is 1.37 bits per heavy atom. The molecule has 6 nitrogen and oxygen atoms in total. The second-order valence-corrected chi connectivity index (χ2v) is 9.69. The van der Waals surface area contributed by atoms with Gasteiger partial charge in [0, 0.05) is 11.8 Å². The summed E-state index contributed by atoms with van der Waals surface area (Å²) in [5.41, 5.74) is 1.74. The second-order valence-electron chi connectivity index (χ2n) is 7.89. The van der Waals surface area contributed by atoms with Crippen LogP contribution in [0, 0.1) is 11.3 Å². The normalized spacial score (nSPS) is 16.9. The van der Waals surface area contributed by atoms with Crippen LogP contribution < -0.4 is 10.6 Å². The molecular weight excluding hydrogens is 382 g/mol. The van der Waals surface area contributed by atoms with Crippen LogP contribution >= 0.6 is 22.7 Å². The maximum atomic E-state index is 12.3. The molecule has 1 aliphatic rings. The van der Waals surface area contributed by atoms with Crippen molar-refractivity contribution in [1.29, 1.82) is 5.26 Å². The number of hydrogen-bond donors (Lipinski definition) is 2. The number of hydrogen-bond acceptors (Lipinski definition) is 6. The number of quaternary nitrogens is 1. The summed E-state index contributed by atoms with van der Waals surface area (Å²) in [7, 11) is 0. The van der Waals surface area contributed by atoms with Crippen LogP contribution in [0.25, 0.3) is 0 Å². The predicted molar refractivity (Wildman–Crippen MR) is 105 cm³/mol. The molecule has 3 N–H and O–H groups in total. The largest absolute Gasteiger partial charge is 0.452 e. The SMILES string of the molecule is CC1(C)Cc2c(sc(NC(=O)COC(=O)c3ccsc3)c2C#N)C(C)(C)[NH2+]1. The number of esters is 1. The van der Waals surface area contributed by atoms with Crippen LogP contribution in [0.2, 0.25) is 0 Å². The van der Waals surface area contributed by atoms with E-state index in [2.05, 4.69) is 44.4 Å². The van der Waals surface area contributed by atoms with Gasteiger partial charge in [-0.2, -0.15) is 16.6 Å². The third-order valence-corrected chi connectivity index (χ3v) is 6.60. The van der Waals surface area contributed by atoms with Crippen molar-refractivity contribution in [2.24, 2.45) is 0 Å². The molecule has 2 aromatic rings.